The average molecular weight is 460 g/mol. The highest BCUT2D eigenvalue weighted by Gasteiger charge is 2.27. The first-order chi connectivity index (χ1) is 15.0. The molecule has 164 valence electrons. The Kier molecular flexibility index (Phi) is 5.62. The third-order valence-corrected chi connectivity index (χ3v) is 8.41. The molecule has 0 unspecified atom stereocenters. The summed E-state index contributed by atoms with van der Waals surface area (Å²) in [6.07, 6.45) is 9.71. The van der Waals surface area contributed by atoms with E-state index < -0.39 is 10.0 Å². The molecule has 3 aromatic rings. The molecule has 2 aromatic heterocycles. The van der Waals surface area contributed by atoms with E-state index in [0.717, 1.165) is 48.2 Å². The number of hydrogen-bond acceptors (Lipinski definition) is 5. The summed E-state index contributed by atoms with van der Waals surface area (Å²) in [5.41, 5.74) is 3.09. The molecule has 5 rings (SSSR count). The first-order valence-electron chi connectivity index (χ1n) is 10.9. The van der Waals surface area contributed by atoms with Crippen LogP contribution in [-0.4, -0.2) is 40.3 Å². The van der Waals surface area contributed by atoms with Crippen LogP contribution in [0.2, 0.25) is 5.15 Å². The van der Waals surface area contributed by atoms with Gasteiger partial charge in [-0.15, -0.1) is 0 Å². The standard InChI is InChI=1S/C22H26ClN5O2S/c23-20-14-19(21-22(26-20)28(15-24-21)17-6-2-1-3-7-17)25-16-8-10-18(11-9-16)31(29,30)27-12-4-5-13-27/h8-11,14-15,17H,1-7,12-13H2,(H,25,26). The number of benzene rings is 1. The van der Waals surface area contributed by atoms with E-state index in [2.05, 4.69) is 19.9 Å². The zero-order valence-corrected chi connectivity index (χ0v) is 18.9. The fraction of sp³-hybridized carbons (Fsp3) is 0.455. The minimum atomic E-state index is -3.42. The molecule has 0 atom stereocenters. The van der Waals surface area contributed by atoms with Gasteiger partial charge in [0.2, 0.25) is 10.0 Å². The zero-order valence-electron chi connectivity index (χ0n) is 17.3. The maximum absolute atomic E-state index is 12.7. The summed E-state index contributed by atoms with van der Waals surface area (Å²) in [7, 11) is -3.42. The van der Waals surface area contributed by atoms with E-state index in [1.165, 1.54) is 19.3 Å². The van der Waals surface area contributed by atoms with Crippen LogP contribution in [0, 0.1) is 0 Å². The molecule has 3 heterocycles. The van der Waals surface area contributed by atoms with Crippen LogP contribution in [-0.2, 0) is 10.0 Å². The molecule has 1 aliphatic carbocycles. The van der Waals surface area contributed by atoms with E-state index in [9.17, 15) is 8.42 Å². The number of pyridine rings is 1. The third kappa shape index (κ3) is 4.04. The Morgan fingerprint density at radius 2 is 1.71 bits per heavy atom. The summed E-state index contributed by atoms with van der Waals surface area (Å²) in [5.74, 6) is 0. The van der Waals surface area contributed by atoms with Crippen LogP contribution in [0.1, 0.15) is 51.0 Å². The highest BCUT2D eigenvalue weighted by atomic mass is 35.5. The molecule has 0 amide bonds. The van der Waals surface area contributed by atoms with Crippen LogP contribution in [0.4, 0.5) is 11.4 Å². The summed E-state index contributed by atoms with van der Waals surface area (Å²) >= 11 is 6.34. The van der Waals surface area contributed by atoms with Crippen molar-refractivity contribution in [1.82, 2.24) is 18.8 Å². The van der Waals surface area contributed by atoms with Gasteiger partial charge in [0.05, 0.1) is 16.9 Å². The molecule has 31 heavy (non-hydrogen) atoms. The predicted octanol–water partition coefficient (Wildman–Crippen LogP) is 5.12. The number of nitrogens with one attached hydrogen (secondary N) is 1. The van der Waals surface area contributed by atoms with Gasteiger partial charge in [-0.1, -0.05) is 30.9 Å². The second kappa shape index (κ2) is 8.41. The largest absolute Gasteiger partial charge is 0.354 e. The van der Waals surface area contributed by atoms with Crippen LogP contribution in [0.15, 0.2) is 41.6 Å². The van der Waals surface area contributed by atoms with E-state index in [0.29, 0.717) is 29.2 Å². The predicted molar refractivity (Wildman–Crippen MR) is 122 cm³/mol. The van der Waals surface area contributed by atoms with Gasteiger partial charge < -0.3 is 9.88 Å². The minimum Gasteiger partial charge on any atom is -0.354 e. The number of rotatable bonds is 5. The van der Waals surface area contributed by atoms with Gasteiger partial charge in [-0.05, 0) is 49.9 Å². The lowest BCUT2D eigenvalue weighted by molar-refractivity contribution is 0.358. The highest BCUT2D eigenvalue weighted by molar-refractivity contribution is 7.89. The van der Waals surface area contributed by atoms with E-state index in [4.69, 9.17) is 11.6 Å². The Hall–Kier alpha value is -2.16. The van der Waals surface area contributed by atoms with Crippen molar-refractivity contribution in [3.05, 3.63) is 41.8 Å². The molecule has 0 radical (unpaired) electrons. The molecule has 7 nitrogen and oxygen atoms in total. The van der Waals surface area contributed by atoms with Gasteiger partial charge in [-0.3, -0.25) is 0 Å². The highest BCUT2D eigenvalue weighted by Crippen LogP contribution is 2.34. The molecule has 1 aliphatic heterocycles. The summed E-state index contributed by atoms with van der Waals surface area (Å²) < 4.78 is 29.2. The number of anilines is 2. The fourth-order valence-corrected chi connectivity index (χ4v) is 6.35. The van der Waals surface area contributed by atoms with Gasteiger partial charge in [-0.25, -0.2) is 18.4 Å². The van der Waals surface area contributed by atoms with Crippen LogP contribution in [0.25, 0.3) is 11.2 Å². The first kappa shape index (κ1) is 20.7. The summed E-state index contributed by atoms with van der Waals surface area (Å²) in [5, 5.41) is 3.75. The van der Waals surface area contributed by atoms with Gasteiger partial charge in [0.25, 0.3) is 0 Å². The van der Waals surface area contributed by atoms with Gasteiger partial charge in [0.1, 0.15) is 10.7 Å². The smallest absolute Gasteiger partial charge is 0.243 e. The Bertz CT molecular complexity index is 1180. The van der Waals surface area contributed by atoms with Crippen molar-refractivity contribution >= 4 is 44.2 Å². The van der Waals surface area contributed by atoms with Crippen LogP contribution in [0.5, 0.6) is 0 Å². The van der Waals surface area contributed by atoms with Crippen molar-refractivity contribution in [3.8, 4) is 0 Å². The Balaban J connectivity index is 1.42. The molecule has 9 heteroatoms. The molecular weight excluding hydrogens is 434 g/mol. The summed E-state index contributed by atoms with van der Waals surface area (Å²) in [6, 6.07) is 9.03. The number of hydrogen-bond donors (Lipinski definition) is 1. The van der Waals surface area contributed by atoms with E-state index in [1.54, 1.807) is 34.6 Å². The molecule has 1 saturated carbocycles. The van der Waals surface area contributed by atoms with Crippen molar-refractivity contribution in [2.45, 2.75) is 55.9 Å². The van der Waals surface area contributed by atoms with Crippen LogP contribution >= 0.6 is 11.6 Å². The third-order valence-electron chi connectivity index (χ3n) is 6.30. The molecule has 0 spiro atoms. The van der Waals surface area contributed by atoms with E-state index in [-0.39, 0.29) is 0 Å². The number of aromatic nitrogens is 3. The zero-order chi connectivity index (χ0) is 21.4. The molecule has 1 N–H and O–H groups in total. The average Bonchev–Trinajstić information content (AvgIpc) is 3.45. The Labute approximate surface area is 187 Å². The summed E-state index contributed by atoms with van der Waals surface area (Å²) in [4.78, 5) is 9.48. The molecule has 1 saturated heterocycles. The fourth-order valence-electron chi connectivity index (χ4n) is 4.64. The van der Waals surface area contributed by atoms with E-state index in [1.807, 2.05) is 6.33 Å². The van der Waals surface area contributed by atoms with Crippen LogP contribution in [0.3, 0.4) is 0 Å². The SMILES string of the molecule is O=S(=O)(c1ccc(Nc2cc(Cl)nc3c2ncn3C2CCCCC2)cc1)N1CCCC1. The van der Waals surface area contributed by atoms with Gasteiger partial charge >= 0.3 is 0 Å². The Morgan fingerprint density at radius 3 is 2.42 bits per heavy atom. The quantitative estimate of drug-likeness (QED) is 0.535. The van der Waals surface area contributed by atoms with Gasteiger partial charge in [-0.2, -0.15) is 4.31 Å². The van der Waals surface area contributed by atoms with Crippen molar-refractivity contribution in [2.75, 3.05) is 18.4 Å². The van der Waals surface area contributed by atoms with Crippen LogP contribution < -0.4 is 5.32 Å². The molecular formula is C22H26ClN5O2S. The Morgan fingerprint density at radius 1 is 1.00 bits per heavy atom. The van der Waals surface area contributed by atoms with Crippen molar-refractivity contribution in [1.29, 1.82) is 0 Å². The monoisotopic (exact) mass is 459 g/mol. The second-order valence-electron chi connectivity index (χ2n) is 8.37. The van der Waals surface area contributed by atoms with Gasteiger partial charge in [0.15, 0.2) is 5.65 Å². The number of sulfonamides is 1. The normalized spacial score (nSPS) is 18.6. The number of halogens is 1. The summed E-state index contributed by atoms with van der Waals surface area (Å²) in [6.45, 7) is 1.19. The van der Waals surface area contributed by atoms with Crippen molar-refractivity contribution in [3.63, 3.8) is 0 Å². The number of imidazole rings is 1. The maximum Gasteiger partial charge on any atom is 0.243 e. The second-order valence-corrected chi connectivity index (χ2v) is 10.7. The lowest BCUT2D eigenvalue weighted by Crippen LogP contribution is -2.27. The lowest BCUT2D eigenvalue weighted by Gasteiger charge is -2.23. The topological polar surface area (TPSA) is 80.1 Å². The first-order valence-corrected chi connectivity index (χ1v) is 12.7. The molecule has 2 fully saturated rings. The number of fused-ring (bicyclic) bond motifs is 1. The lowest BCUT2D eigenvalue weighted by atomic mass is 9.95. The molecule has 1 aromatic carbocycles. The molecule has 0 bridgehead atoms. The maximum atomic E-state index is 12.7. The van der Waals surface area contributed by atoms with Crippen molar-refractivity contribution in [2.24, 2.45) is 0 Å². The van der Waals surface area contributed by atoms with Gasteiger partial charge in [0, 0.05) is 30.9 Å². The minimum absolute atomic E-state index is 0.319. The van der Waals surface area contributed by atoms with E-state index >= 15 is 0 Å². The number of nitrogens with zero attached hydrogens (tertiary/aromatic N) is 4. The molecule has 2 aliphatic rings. The van der Waals surface area contributed by atoms with Crippen molar-refractivity contribution < 1.29 is 8.42 Å².